The van der Waals surface area contributed by atoms with Crippen LogP contribution >= 0.6 is 0 Å². The van der Waals surface area contributed by atoms with Gasteiger partial charge in [0.1, 0.15) is 0 Å². The SMILES string of the molecule is CCC(CC(F)(F)F)NC(=O)NC1CC(N(CC)CC(=O)O)C1. The van der Waals surface area contributed by atoms with E-state index in [1.807, 2.05) is 6.92 Å². The lowest BCUT2D eigenvalue weighted by Crippen LogP contribution is -2.57. The molecule has 0 aromatic heterocycles. The Morgan fingerprint density at radius 2 is 1.91 bits per heavy atom. The van der Waals surface area contributed by atoms with Crippen LogP contribution in [0, 0.1) is 0 Å². The summed E-state index contributed by atoms with van der Waals surface area (Å²) in [7, 11) is 0. The normalized spacial score (nSPS) is 22.3. The van der Waals surface area contributed by atoms with Crippen molar-refractivity contribution in [3.63, 3.8) is 0 Å². The van der Waals surface area contributed by atoms with E-state index in [2.05, 4.69) is 10.6 Å². The van der Waals surface area contributed by atoms with E-state index in [-0.39, 0.29) is 25.0 Å². The second-order valence-corrected chi connectivity index (χ2v) is 5.82. The molecule has 0 bridgehead atoms. The maximum atomic E-state index is 12.3. The first-order chi connectivity index (χ1) is 10.6. The number of aliphatic carboxylic acids is 1. The Balaban J connectivity index is 2.33. The van der Waals surface area contributed by atoms with Crippen LogP contribution in [0.2, 0.25) is 0 Å². The van der Waals surface area contributed by atoms with Gasteiger partial charge < -0.3 is 15.7 Å². The summed E-state index contributed by atoms with van der Waals surface area (Å²) >= 11 is 0. The number of carboxylic acids is 1. The van der Waals surface area contributed by atoms with E-state index in [4.69, 9.17) is 5.11 Å². The van der Waals surface area contributed by atoms with Crippen molar-refractivity contribution < 1.29 is 27.9 Å². The molecule has 0 aromatic rings. The number of rotatable bonds is 8. The van der Waals surface area contributed by atoms with Gasteiger partial charge in [-0.1, -0.05) is 13.8 Å². The molecule has 0 radical (unpaired) electrons. The zero-order valence-corrected chi connectivity index (χ0v) is 13.3. The third kappa shape index (κ3) is 7.06. The molecule has 0 aromatic carbocycles. The van der Waals surface area contributed by atoms with Crippen molar-refractivity contribution >= 4 is 12.0 Å². The Labute approximate surface area is 133 Å². The van der Waals surface area contributed by atoms with Gasteiger partial charge >= 0.3 is 18.2 Å². The molecule has 1 aliphatic rings. The summed E-state index contributed by atoms with van der Waals surface area (Å²) < 4.78 is 37.0. The number of hydrogen-bond donors (Lipinski definition) is 3. The van der Waals surface area contributed by atoms with E-state index in [0.29, 0.717) is 19.4 Å². The average Bonchev–Trinajstić information content (AvgIpc) is 2.37. The summed E-state index contributed by atoms with van der Waals surface area (Å²) in [5.74, 6) is -0.904. The van der Waals surface area contributed by atoms with E-state index in [1.165, 1.54) is 0 Å². The average molecular weight is 339 g/mol. The molecule has 23 heavy (non-hydrogen) atoms. The van der Waals surface area contributed by atoms with E-state index < -0.39 is 30.6 Å². The van der Waals surface area contributed by atoms with Gasteiger partial charge in [0.15, 0.2) is 0 Å². The highest BCUT2D eigenvalue weighted by molar-refractivity contribution is 5.74. The minimum atomic E-state index is -4.31. The highest BCUT2D eigenvalue weighted by atomic mass is 19.4. The molecule has 6 nitrogen and oxygen atoms in total. The van der Waals surface area contributed by atoms with Crippen molar-refractivity contribution in [2.24, 2.45) is 0 Å². The fourth-order valence-corrected chi connectivity index (χ4v) is 2.67. The van der Waals surface area contributed by atoms with Crippen LogP contribution in [0.15, 0.2) is 0 Å². The number of nitrogens with one attached hydrogen (secondary N) is 2. The summed E-state index contributed by atoms with van der Waals surface area (Å²) in [5, 5.41) is 13.8. The largest absolute Gasteiger partial charge is 0.480 e. The van der Waals surface area contributed by atoms with Gasteiger partial charge in [0.2, 0.25) is 0 Å². The van der Waals surface area contributed by atoms with Gasteiger partial charge in [-0.25, -0.2) is 4.79 Å². The predicted octanol–water partition coefficient (Wildman–Crippen LogP) is 1.95. The second kappa shape index (κ2) is 8.37. The number of halogens is 3. The quantitative estimate of drug-likeness (QED) is 0.631. The first-order valence-electron chi connectivity index (χ1n) is 7.74. The molecule has 0 spiro atoms. The van der Waals surface area contributed by atoms with Crippen LogP contribution in [0.25, 0.3) is 0 Å². The number of likely N-dealkylation sites (N-methyl/N-ethyl adjacent to an activating group) is 1. The molecule has 0 heterocycles. The van der Waals surface area contributed by atoms with Gasteiger partial charge in [0.25, 0.3) is 0 Å². The van der Waals surface area contributed by atoms with E-state index >= 15 is 0 Å². The van der Waals surface area contributed by atoms with Crippen LogP contribution in [-0.4, -0.2) is 59.4 Å². The predicted molar refractivity (Wildman–Crippen MR) is 78.1 cm³/mol. The van der Waals surface area contributed by atoms with Gasteiger partial charge in [-0.2, -0.15) is 13.2 Å². The Hall–Kier alpha value is -1.51. The summed E-state index contributed by atoms with van der Waals surface area (Å²) in [5.41, 5.74) is 0. The first-order valence-corrected chi connectivity index (χ1v) is 7.74. The molecule has 1 fully saturated rings. The van der Waals surface area contributed by atoms with E-state index in [0.717, 1.165) is 0 Å². The van der Waals surface area contributed by atoms with Gasteiger partial charge in [-0.15, -0.1) is 0 Å². The molecule has 0 saturated heterocycles. The molecule has 1 saturated carbocycles. The van der Waals surface area contributed by atoms with Gasteiger partial charge in [-0.3, -0.25) is 9.69 Å². The number of alkyl halides is 3. The molecule has 2 amide bonds. The number of carbonyl (C=O) groups excluding carboxylic acids is 1. The number of urea groups is 1. The molecule has 3 N–H and O–H groups in total. The van der Waals surface area contributed by atoms with Crippen LogP contribution in [0.5, 0.6) is 0 Å². The van der Waals surface area contributed by atoms with Crippen molar-refractivity contribution in [1.29, 1.82) is 0 Å². The van der Waals surface area contributed by atoms with Crippen LogP contribution in [-0.2, 0) is 4.79 Å². The highest BCUT2D eigenvalue weighted by Gasteiger charge is 2.36. The van der Waals surface area contributed by atoms with Crippen LogP contribution in [0.3, 0.4) is 0 Å². The zero-order chi connectivity index (χ0) is 17.6. The number of amides is 2. The molecule has 1 unspecified atom stereocenters. The molecule has 134 valence electrons. The van der Waals surface area contributed by atoms with Gasteiger partial charge in [-0.05, 0) is 25.8 Å². The summed E-state index contributed by atoms with van der Waals surface area (Å²) in [6, 6.07) is -1.60. The third-order valence-electron chi connectivity index (χ3n) is 4.02. The van der Waals surface area contributed by atoms with Crippen molar-refractivity contribution in [3.8, 4) is 0 Å². The van der Waals surface area contributed by atoms with Gasteiger partial charge in [0, 0.05) is 18.1 Å². The molecule has 1 atom stereocenters. The Kier molecular flexibility index (Phi) is 7.11. The Morgan fingerprint density at radius 3 is 2.35 bits per heavy atom. The van der Waals surface area contributed by atoms with Gasteiger partial charge in [0.05, 0.1) is 13.0 Å². The van der Waals surface area contributed by atoms with Crippen molar-refractivity contribution in [3.05, 3.63) is 0 Å². The lowest BCUT2D eigenvalue weighted by molar-refractivity contribution is -0.140. The molecular weight excluding hydrogens is 315 g/mol. The van der Waals surface area contributed by atoms with Crippen LogP contribution in [0.4, 0.5) is 18.0 Å². The standard InChI is InChI=1S/C14H24F3N3O3/c1-3-9(7-14(15,16)17)18-13(23)19-10-5-11(6-10)20(4-2)8-12(21)22/h9-11H,3-8H2,1-2H3,(H,21,22)(H2,18,19,23). The smallest absolute Gasteiger partial charge is 0.391 e. The third-order valence-corrected chi connectivity index (χ3v) is 4.02. The maximum absolute atomic E-state index is 12.3. The number of carbonyl (C=O) groups is 2. The van der Waals surface area contributed by atoms with Crippen molar-refractivity contribution in [1.82, 2.24) is 15.5 Å². The summed E-state index contributed by atoms with van der Waals surface area (Å²) in [6.45, 7) is 3.99. The first kappa shape index (κ1) is 19.5. The van der Waals surface area contributed by atoms with Crippen molar-refractivity contribution in [2.75, 3.05) is 13.1 Å². The topological polar surface area (TPSA) is 81.7 Å². The monoisotopic (exact) mass is 339 g/mol. The summed E-state index contributed by atoms with van der Waals surface area (Å²) in [6.07, 6.45) is -3.96. The van der Waals surface area contributed by atoms with Crippen LogP contribution < -0.4 is 10.6 Å². The highest BCUT2D eigenvalue weighted by Crippen LogP contribution is 2.26. The minimum absolute atomic E-state index is 0.0520. The Morgan fingerprint density at radius 1 is 1.30 bits per heavy atom. The lowest BCUT2D eigenvalue weighted by Gasteiger charge is -2.42. The Bertz CT molecular complexity index is 412. The fraction of sp³-hybridized carbons (Fsp3) is 0.857. The maximum Gasteiger partial charge on any atom is 0.391 e. The minimum Gasteiger partial charge on any atom is -0.480 e. The molecular formula is C14H24F3N3O3. The molecule has 1 aliphatic carbocycles. The lowest BCUT2D eigenvalue weighted by atomic mass is 9.85. The molecule has 1 rings (SSSR count). The number of carboxylic acid groups (broad SMARTS) is 1. The zero-order valence-electron chi connectivity index (χ0n) is 13.3. The van der Waals surface area contributed by atoms with E-state index in [1.54, 1.807) is 11.8 Å². The number of hydrogen-bond acceptors (Lipinski definition) is 3. The van der Waals surface area contributed by atoms with E-state index in [9.17, 15) is 22.8 Å². The van der Waals surface area contributed by atoms with Crippen molar-refractivity contribution in [2.45, 2.75) is 63.8 Å². The summed E-state index contributed by atoms with van der Waals surface area (Å²) in [4.78, 5) is 24.3. The second-order valence-electron chi connectivity index (χ2n) is 5.82. The van der Waals surface area contributed by atoms with Crippen LogP contribution in [0.1, 0.15) is 39.5 Å². The fourth-order valence-electron chi connectivity index (χ4n) is 2.67. The number of nitrogens with zero attached hydrogens (tertiary/aromatic N) is 1. The molecule has 0 aliphatic heterocycles. The molecule has 9 heteroatoms.